The summed E-state index contributed by atoms with van der Waals surface area (Å²) in [5.41, 5.74) is 0.962. The Bertz CT molecular complexity index is 862. The smallest absolute Gasteiger partial charge is 0.247 e. The van der Waals surface area contributed by atoms with Crippen LogP contribution in [0.15, 0.2) is 24.3 Å². The summed E-state index contributed by atoms with van der Waals surface area (Å²) in [6.07, 6.45) is 1.84. The quantitative estimate of drug-likeness (QED) is 0.668. The third-order valence-electron chi connectivity index (χ3n) is 5.25. The predicted molar refractivity (Wildman–Crippen MR) is 108 cm³/mol. The lowest BCUT2D eigenvalue weighted by Crippen LogP contribution is -2.49. The summed E-state index contributed by atoms with van der Waals surface area (Å²) >= 11 is 0. The highest BCUT2D eigenvalue weighted by molar-refractivity contribution is 5.81. The number of hydrogen-bond donors (Lipinski definition) is 1. The Balaban J connectivity index is 1.70. The van der Waals surface area contributed by atoms with E-state index in [9.17, 15) is 9.59 Å². The van der Waals surface area contributed by atoms with E-state index in [1.807, 2.05) is 29.2 Å². The van der Waals surface area contributed by atoms with Gasteiger partial charge >= 0.3 is 0 Å². The SMILES string of the molecule is COCC(=O)NC1CCN(C(=O)C(Cc2cccc(OC)c2)n2nnnc2C)CC1. The molecule has 0 radical (unpaired) electrons. The van der Waals surface area contributed by atoms with Crippen molar-refractivity contribution < 1.29 is 19.1 Å². The second kappa shape index (κ2) is 10.1. The maximum Gasteiger partial charge on any atom is 0.247 e. The van der Waals surface area contributed by atoms with Gasteiger partial charge in [0.2, 0.25) is 11.8 Å². The van der Waals surface area contributed by atoms with Crippen LogP contribution in [0.4, 0.5) is 0 Å². The van der Waals surface area contributed by atoms with E-state index in [-0.39, 0.29) is 24.5 Å². The van der Waals surface area contributed by atoms with Crippen molar-refractivity contribution in [2.24, 2.45) is 0 Å². The topological polar surface area (TPSA) is 111 Å². The number of aromatic nitrogens is 4. The van der Waals surface area contributed by atoms with Crippen LogP contribution in [0.1, 0.15) is 30.3 Å². The normalized spacial score (nSPS) is 15.6. The maximum atomic E-state index is 13.4. The Kier molecular flexibility index (Phi) is 7.34. The number of methoxy groups -OCH3 is 2. The fraction of sp³-hybridized carbons (Fsp3) is 0.550. The zero-order chi connectivity index (χ0) is 21.5. The highest BCUT2D eigenvalue weighted by atomic mass is 16.5. The molecule has 1 unspecified atom stereocenters. The summed E-state index contributed by atoms with van der Waals surface area (Å²) in [5, 5.41) is 14.7. The van der Waals surface area contributed by atoms with Gasteiger partial charge in [-0.1, -0.05) is 12.1 Å². The summed E-state index contributed by atoms with van der Waals surface area (Å²) in [6.45, 7) is 2.95. The number of likely N-dealkylation sites (tertiary alicyclic amines) is 1. The van der Waals surface area contributed by atoms with Gasteiger partial charge in [0.1, 0.15) is 24.2 Å². The van der Waals surface area contributed by atoms with E-state index in [0.717, 1.165) is 11.3 Å². The Morgan fingerprint density at radius 3 is 2.67 bits per heavy atom. The first kappa shape index (κ1) is 21.7. The van der Waals surface area contributed by atoms with Gasteiger partial charge in [-0.25, -0.2) is 4.68 Å². The fourth-order valence-corrected chi connectivity index (χ4v) is 3.68. The minimum absolute atomic E-state index is 0.0325. The molecule has 0 bridgehead atoms. The number of nitrogens with zero attached hydrogens (tertiary/aromatic N) is 5. The number of amides is 2. The molecule has 1 fully saturated rings. The van der Waals surface area contributed by atoms with Crippen molar-refractivity contribution in [1.82, 2.24) is 30.4 Å². The van der Waals surface area contributed by atoms with Crippen molar-refractivity contribution in [3.63, 3.8) is 0 Å². The number of hydrogen-bond acceptors (Lipinski definition) is 7. The number of carbonyl (C=O) groups is 2. The van der Waals surface area contributed by atoms with Gasteiger partial charge in [0.15, 0.2) is 0 Å². The predicted octanol–water partition coefficient (Wildman–Crippen LogP) is 0.528. The molecule has 30 heavy (non-hydrogen) atoms. The Hall–Kier alpha value is -3.01. The van der Waals surface area contributed by atoms with Gasteiger partial charge in [-0.15, -0.1) is 5.10 Å². The summed E-state index contributed by atoms with van der Waals surface area (Å²) < 4.78 is 11.7. The summed E-state index contributed by atoms with van der Waals surface area (Å²) in [5.74, 6) is 1.15. The largest absolute Gasteiger partial charge is 0.497 e. The highest BCUT2D eigenvalue weighted by Crippen LogP contribution is 2.23. The Morgan fingerprint density at radius 2 is 2.03 bits per heavy atom. The van der Waals surface area contributed by atoms with E-state index < -0.39 is 6.04 Å². The average Bonchev–Trinajstić information content (AvgIpc) is 3.18. The molecule has 162 valence electrons. The van der Waals surface area contributed by atoms with Gasteiger partial charge in [-0.2, -0.15) is 0 Å². The number of aryl methyl sites for hydroxylation is 1. The zero-order valence-corrected chi connectivity index (χ0v) is 17.6. The molecule has 10 nitrogen and oxygen atoms in total. The van der Waals surface area contributed by atoms with Crippen LogP contribution in [-0.2, 0) is 20.7 Å². The molecular formula is C20H28N6O4. The van der Waals surface area contributed by atoms with Crippen molar-refractivity contribution >= 4 is 11.8 Å². The number of tetrazole rings is 1. The summed E-state index contributed by atoms with van der Waals surface area (Å²) in [4.78, 5) is 27.0. The molecule has 1 atom stereocenters. The zero-order valence-electron chi connectivity index (χ0n) is 17.6. The third-order valence-corrected chi connectivity index (χ3v) is 5.25. The lowest BCUT2D eigenvalue weighted by atomic mass is 10.0. The van der Waals surface area contributed by atoms with Crippen LogP contribution in [0, 0.1) is 6.92 Å². The van der Waals surface area contributed by atoms with Crippen molar-refractivity contribution in [3.8, 4) is 5.75 Å². The molecule has 1 aromatic carbocycles. The number of nitrogens with one attached hydrogen (secondary N) is 1. The first-order valence-electron chi connectivity index (χ1n) is 9.96. The number of rotatable bonds is 8. The Morgan fingerprint density at radius 1 is 1.27 bits per heavy atom. The molecule has 1 N–H and O–H groups in total. The van der Waals surface area contributed by atoms with E-state index in [4.69, 9.17) is 9.47 Å². The van der Waals surface area contributed by atoms with Gasteiger partial charge in [0, 0.05) is 32.7 Å². The van der Waals surface area contributed by atoms with E-state index in [1.165, 1.54) is 7.11 Å². The van der Waals surface area contributed by atoms with Crippen molar-refractivity contribution in [1.29, 1.82) is 0 Å². The van der Waals surface area contributed by atoms with Crippen LogP contribution in [0.2, 0.25) is 0 Å². The van der Waals surface area contributed by atoms with Crippen LogP contribution < -0.4 is 10.1 Å². The molecular weight excluding hydrogens is 388 g/mol. The summed E-state index contributed by atoms with van der Waals surface area (Å²) in [6, 6.07) is 7.13. The molecule has 0 spiro atoms. The first-order valence-corrected chi connectivity index (χ1v) is 9.96. The molecule has 1 aromatic heterocycles. The maximum absolute atomic E-state index is 13.4. The monoisotopic (exact) mass is 416 g/mol. The van der Waals surface area contributed by atoms with Gasteiger partial charge in [0.05, 0.1) is 7.11 Å². The van der Waals surface area contributed by atoms with Crippen molar-refractivity contribution in [2.45, 2.75) is 38.3 Å². The Labute approximate surface area is 175 Å². The lowest BCUT2D eigenvalue weighted by Gasteiger charge is -2.34. The van der Waals surface area contributed by atoms with Gasteiger partial charge in [-0.05, 0) is 47.9 Å². The number of ether oxygens (including phenoxy) is 2. The van der Waals surface area contributed by atoms with Crippen LogP contribution >= 0.6 is 0 Å². The average molecular weight is 416 g/mol. The minimum atomic E-state index is -0.549. The fourth-order valence-electron chi connectivity index (χ4n) is 3.68. The first-order chi connectivity index (χ1) is 14.5. The van der Waals surface area contributed by atoms with Crippen LogP contribution in [0.3, 0.4) is 0 Å². The number of carbonyl (C=O) groups excluding carboxylic acids is 2. The van der Waals surface area contributed by atoms with Crippen LogP contribution in [0.25, 0.3) is 0 Å². The summed E-state index contributed by atoms with van der Waals surface area (Å²) in [7, 11) is 3.10. The van der Waals surface area contributed by atoms with E-state index >= 15 is 0 Å². The number of benzene rings is 1. The van der Waals surface area contributed by atoms with Gasteiger partial charge in [0.25, 0.3) is 0 Å². The van der Waals surface area contributed by atoms with E-state index in [0.29, 0.717) is 38.2 Å². The number of piperidine rings is 1. The van der Waals surface area contributed by atoms with Crippen LogP contribution in [-0.4, -0.2) is 76.9 Å². The standard InChI is InChI=1S/C20H28N6O4/c1-14-22-23-24-26(14)18(12-15-5-4-6-17(11-15)30-3)20(28)25-9-7-16(8-10-25)21-19(27)13-29-2/h4-6,11,16,18H,7-10,12-13H2,1-3H3,(H,21,27). The van der Waals surface area contributed by atoms with E-state index in [1.54, 1.807) is 18.7 Å². The molecule has 2 amide bonds. The van der Waals surface area contributed by atoms with Crippen LogP contribution in [0.5, 0.6) is 5.75 Å². The highest BCUT2D eigenvalue weighted by Gasteiger charge is 2.31. The molecule has 3 rings (SSSR count). The molecule has 1 aliphatic rings. The molecule has 2 aromatic rings. The molecule has 1 aliphatic heterocycles. The molecule has 1 saturated heterocycles. The third kappa shape index (κ3) is 5.32. The second-order valence-corrected chi connectivity index (χ2v) is 7.34. The molecule has 2 heterocycles. The molecule has 10 heteroatoms. The molecule has 0 saturated carbocycles. The van der Waals surface area contributed by atoms with Gasteiger partial charge in [-0.3, -0.25) is 9.59 Å². The lowest BCUT2D eigenvalue weighted by molar-refractivity contribution is -0.136. The minimum Gasteiger partial charge on any atom is -0.497 e. The van der Waals surface area contributed by atoms with Gasteiger partial charge < -0.3 is 19.7 Å². The second-order valence-electron chi connectivity index (χ2n) is 7.34. The van der Waals surface area contributed by atoms with Crippen molar-refractivity contribution in [2.75, 3.05) is 33.9 Å². The van der Waals surface area contributed by atoms with E-state index in [2.05, 4.69) is 20.8 Å². The molecule has 0 aliphatic carbocycles. The van der Waals surface area contributed by atoms with Crippen molar-refractivity contribution in [3.05, 3.63) is 35.7 Å².